The van der Waals surface area contributed by atoms with Gasteiger partial charge in [0.05, 0.1) is 11.3 Å². The Balaban J connectivity index is 1.92. The Kier molecular flexibility index (Phi) is 6.65. The Hall–Kier alpha value is -2.73. The summed E-state index contributed by atoms with van der Waals surface area (Å²) in [6.07, 6.45) is 0.981. The zero-order chi connectivity index (χ0) is 18.2. The van der Waals surface area contributed by atoms with E-state index in [2.05, 4.69) is 10.6 Å². The largest absolute Gasteiger partial charge is 0.345 e. The normalized spacial score (nSPS) is 10.0. The van der Waals surface area contributed by atoms with Gasteiger partial charge < -0.3 is 15.5 Å². The molecule has 0 saturated heterocycles. The summed E-state index contributed by atoms with van der Waals surface area (Å²) in [5, 5.41) is 5.76. The predicted octanol–water partition coefficient (Wildman–Crippen LogP) is 2.83. The quantitative estimate of drug-likeness (QED) is 0.810. The molecule has 2 rings (SSSR count). The van der Waals surface area contributed by atoms with E-state index in [9.17, 15) is 9.59 Å². The van der Waals surface area contributed by atoms with Crippen molar-refractivity contribution in [2.24, 2.45) is 0 Å². The molecule has 0 aliphatic heterocycles. The van der Waals surface area contributed by atoms with Gasteiger partial charge in [-0.1, -0.05) is 42.5 Å². The molecule has 0 bridgehead atoms. The first kappa shape index (κ1) is 18.6. The molecule has 0 aliphatic rings. The van der Waals surface area contributed by atoms with Crippen molar-refractivity contribution in [3.63, 3.8) is 0 Å². The molecule has 2 amide bonds. The molecule has 0 spiro atoms. The number of carbonyl (C=O) groups is 2. The van der Waals surface area contributed by atoms with Gasteiger partial charge in [-0.2, -0.15) is 0 Å². The number of nitrogens with zero attached hydrogens (tertiary/aromatic N) is 1. The van der Waals surface area contributed by atoms with Crippen LogP contribution in [0.15, 0.2) is 54.6 Å². The van der Waals surface area contributed by atoms with E-state index < -0.39 is 0 Å². The average Bonchev–Trinajstić information content (AvgIpc) is 2.60. The van der Waals surface area contributed by atoms with Gasteiger partial charge in [0.1, 0.15) is 0 Å². The summed E-state index contributed by atoms with van der Waals surface area (Å²) in [6.45, 7) is 0. The molecule has 6 heteroatoms. The summed E-state index contributed by atoms with van der Waals surface area (Å²) < 4.78 is 0. The van der Waals surface area contributed by atoms with Crippen LogP contribution in [0, 0.1) is 0 Å². The van der Waals surface area contributed by atoms with Crippen LogP contribution in [0.3, 0.4) is 0 Å². The fourth-order valence-corrected chi connectivity index (χ4v) is 2.49. The molecule has 0 saturated carbocycles. The van der Waals surface area contributed by atoms with E-state index in [1.165, 1.54) is 4.90 Å². The average molecular weight is 355 g/mol. The van der Waals surface area contributed by atoms with E-state index in [1.54, 1.807) is 38.4 Å². The van der Waals surface area contributed by atoms with Gasteiger partial charge in [-0.3, -0.25) is 9.59 Å². The Morgan fingerprint density at radius 3 is 2.32 bits per heavy atom. The van der Waals surface area contributed by atoms with Crippen LogP contribution in [0.25, 0.3) is 0 Å². The third kappa shape index (κ3) is 5.69. The second kappa shape index (κ2) is 8.94. The summed E-state index contributed by atoms with van der Waals surface area (Å²) in [5.74, 6) is -0.306. The molecular weight excluding hydrogens is 334 g/mol. The minimum absolute atomic E-state index is 0.138. The number of hydrogen-bond acceptors (Lipinski definition) is 3. The topological polar surface area (TPSA) is 61.4 Å². The zero-order valence-electron chi connectivity index (χ0n) is 14.3. The molecule has 0 atom stereocenters. The van der Waals surface area contributed by atoms with E-state index in [1.807, 2.05) is 30.3 Å². The number of rotatable bonds is 5. The van der Waals surface area contributed by atoms with Gasteiger partial charge >= 0.3 is 0 Å². The number of amides is 2. The van der Waals surface area contributed by atoms with Crippen molar-refractivity contribution in [2.45, 2.75) is 12.8 Å². The van der Waals surface area contributed by atoms with Crippen LogP contribution in [0.2, 0.25) is 0 Å². The maximum absolute atomic E-state index is 12.2. The van der Waals surface area contributed by atoms with Crippen LogP contribution in [0.5, 0.6) is 0 Å². The Labute approximate surface area is 153 Å². The minimum atomic E-state index is -0.169. The Morgan fingerprint density at radius 2 is 1.64 bits per heavy atom. The van der Waals surface area contributed by atoms with Gasteiger partial charge in [-0.15, -0.1) is 0 Å². The number of carbonyl (C=O) groups excluding carboxylic acids is 2. The van der Waals surface area contributed by atoms with Gasteiger partial charge in [0, 0.05) is 20.5 Å². The molecule has 2 N–H and O–H groups in total. The van der Waals surface area contributed by atoms with Crippen LogP contribution >= 0.6 is 12.2 Å². The van der Waals surface area contributed by atoms with Crippen molar-refractivity contribution in [3.8, 4) is 0 Å². The number of thiocarbonyl (C=S) groups is 1. The van der Waals surface area contributed by atoms with Gasteiger partial charge in [0.15, 0.2) is 5.11 Å². The lowest BCUT2D eigenvalue weighted by Crippen LogP contribution is -2.35. The number of hydrogen-bond donors (Lipinski definition) is 2. The fraction of sp³-hybridized carbons (Fsp3) is 0.211. The van der Waals surface area contributed by atoms with E-state index in [0.717, 1.165) is 5.56 Å². The second-order valence-corrected chi connectivity index (χ2v) is 6.14. The number of aryl methyl sites for hydroxylation is 1. The van der Waals surface area contributed by atoms with Crippen LogP contribution in [-0.2, 0) is 11.2 Å². The first-order valence-electron chi connectivity index (χ1n) is 7.93. The number of anilines is 1. The van der Waals surface area contributed by atoms with Crippen LogP contribution in [0.1, 0.15) is 22.3 Å². The van der Waals surface area contributed by atoms with Crippen molar-refractivity contribution in [2.75, 3.05) is 19.4 Å². The van der Waals surface area contributed by atoms with Crippen molar-refractivity contribution in [3.05, 3.63) is 65.7 Å². The highest BCUT2D eigenvalue weighted by Crippen LogP contribution is 2.16. The smallest absolute Gasteiger partial charge is 0.255 e. The van der Waals surface area contributed by atoms with Gasteiger partial charge in [-0.25, -0.2) is 0 Å². The van der Waals surface area contributed by atoms with Crippen molar-refractivity contribution >= 4 is 34.8 Å². The molecule has 0 fully saturated rings. The molecule has 0 unspecified atom stereocenters. The van der Waals surface area contributed by atoms with Crippen molar-refractivity contribution in [1.82, 2.24) is 10.2 Å². The lowest BCUT2D eigenvalue weighted by Gasteiger charge is -2.16. The van der Waals surface area contributed by atoms with Crippen LogP contribution < -0.4 is 10.6 Å². The number of para-hydroxylation sites is 1. The first-order chi connectivity index (χ1) is 12.0. The molecule has 2 aromatic carbocycles. The van der Waals surface area contributed by atoms with E-state index in [4.69, 9.17) is 12.2 Å². The van der Waals surface area contributed by atoms with E-state index in [-0.39, 0.29) is 16.9 Å². The molecule has 2 aromatic rings. The number of benzene rings is 2. The van der Waals surface area contributed by atoms with Gasteiger partial charge in [0.2, 0.25) is 5.91 Å². The van der Waals surface area contributed by atoms with E-state index in [0.29, 0.717) is 24.1 Å². The monoisotopic (exact) mass is 355 g/mol. The predicted molar refractivity (Wildman–Crippen MR) is 104 cm³/mol. The highest BCUT2D eigenvalue weighted by molar-refractivity contribution is 7.80. The Bertz CT molecular complexity index is 760. The second-order valence-electron chi connectivity index (χ2n) is 5.73. The molecular formula is C19H21N3O2S. The lowest BCUT2D eigenvalue weighted by atomic mass is 10.1. The summed E-state index contributed by atoms with van der Waals surface area (Å²) in [4.78, 5) is 25.7. The third-order valence-corrected chi connectivity index (χ3v) is 3.75. The lowest BCUT2D eigenvalue weighted by molar-refractivity contribution is -0.119. The molecule has 0 heterocycles. The summed E-state index contributed by atoms with van der Waals surface area (Å²) in [7, 11) is 3.37. The summed E-state index contributed by atoms with van der Waals surface area (Å²) in [5.41, 5.74) is 2.15. The fourth-order valence-electron chi connectivity index (χ4n) is 2.26. The molecule has 0 radical (unpaired) electrons. The SMILES string of the molecule is CN(C)C(=O)c1ccccc1NC(=S)NC(=O)CCc1ccccc1. The highest BCUT2D eigenvalue weighted by atomic mass is 32.1. The Morgan fingerprint density at radius 1 is 1.00 bits per heavy atom. The van der Waals surface area contributed by atoms with E-state index >= 15 is 0 Å². The summed E-state index contributed by atoms with van der Waals surface area (Å²) >= 11 is 5.19. The molecule has 5 nitrogen and oxygen atoms in total. The van der Waals surface area contributed by atoms with Gasteiger partial charge in [0.25, 0.3) is 5.91 Å². The molecule has 130 valence electrons. The van der Waals surface area contributed by atoms with Crippen LogP contribution in [0.4, 0.5) is 5.69 Å². The summed E-state index contributed by atoms with van der Waals surface area (Å²) in [6, 6.07) is 16.8. The van der Waals surface area contributed by atoms with Gasteiger partial charge in [-0.05, 0) is 36.3 Å². The highest BCUT2D eigenvalue weighted by Gasteiger charge is 2.14. The molecule has 0 aromatic heterocycles. The standard InChI is InChI=1S/C19H21N3O2S/c1-22(2)18(24)15-10-6-7-11-16(15)20-19(25)21-17(23)13-12-14-8-4-3-5-9-14/h3-11H,12-13H2,1-2H3,(H2,20,21,23,25). The van der Waals surface area contributed by atoms with Crippen molar-refractivity contribution < 1.29 is 9.59 Å². The molecule has 0 aliphatic carbocycles. The zero-order valence-corrected chi connectivity index (χ0v) is 15.1. The maximum Gasteiger partial charge on any atom is 0.255 e. The maximum atomic E-state index is 12.2. The van der Waals surface area contributed by atoms with Crippen LogP contribution in [-0.4, -0.2) is 35.9 Å². The van der Waals surface area contributed by atoms with Crippen molar-refractivity contribution in [1.29, 1.82) is 0 Å². The first-order valence-corrected chi connectivity index (χ1v) is 8.33. The molecule has 25 heavy (non-hydrogen) atoms. The minimum Gasteiger partial charge on any atom is -0.345 e. The number of nitrogens with one attached hydrogen (secondary N) is 2. The third-order valence-electron chi connectivity index (χ3n) is 3.55.